The summed E-state index contributed by atoms with van der Waals surface area (Å²) in [5.74, 6) is 0. The van der Waals surface area contributed by atoms with E-state index in [1.165, 1.54) is 43.4 Å². The van der Waals surface area contributed by atoms with Gasteiger partial charge in [-0.15, -0.1) is 0 Å². The summed E-state index contributed by atoms with van der Waals surface area (Å²) >= 11 is 7.06. The van der Waals surface area contributed by atoms with Crippen LogP contribution < -0.4 is 5.32 Å². The molecule has 0 aromatic carbocycles. The van der Waals surface area contributed by atoms with Crippen molar-refractivity contribution in [1.29, 1.82) is 5.26 Å². The van der Waals surface area contributed by atoms with E-state index in [-0.39, 0.29) is 5.15 Å². The monoisotopic (exact) mass is 285 g/mol. The molecule has 6 heteroatoms. The van der Waals surface area contributed by atoms with Crippen molar-refractivity contribution < 1.29 is 4.74 Å². The smallest absolute Gasteiger partial charge is 0.185 e. The van der Waals surface area contributed by atoms with Crippen molar-refractivity contribution in [2.75, 3.05) is 18.5 Å². The van der Waals surface area contributed by atoms with Gasteiger partial charge in [0, 0.05) is 6.54 Å². The molecule has 0 spiro atoms. The van der Waals surface area contributed by atoms with Gasteiger partial charge < -0.3 is 10.1 Å². The average molecular weight is 286 g/mol. The standard InChI is InChI=1S/C12H16ClN3OS/c13-11-10(8-14)18-12(16-11)15-6-7-17-9-4-2-1-3-5-9/h9H,1-7H2,(H,15,16). The van der Waals surface area contributed by atoms with E-state index < -0.39 is 0 Å². The molecule has 1 aromatic rings. The van der Waals surface area contributed by atoms with Crippen molar-refractivity contribution >= 4 is 28.1 Å². The lowest BCUT2D eigenvalue weighted by Crippen LogP contribution is -2.20. The first-order valence-electron chi connectivity index (χ1n) is 6.21. The van der Waals surface area contributed by atoms with Crippen LogP contribution in [0, 0.1) is 11.3 Å². The second kappa shape index (κ2) is 6.93. The van der Waals surface area contributed by atoms with Crippen LogP contribution in [0.25, 0.3) is 0 Å². The van der Waals surface area contributed by atoms with E-state index in [1.54, 1.807) is 0 Å². The average Bonchev–Trinajstić information content (AvgIpc) is 2.76. The van der Waals surface area contributed by atoms with Gasteiger partial charge in [-0.1, -0.05) is 42.2 Å². The maximum Gasteiger partial charge on any atom is 0.185 e. The van der Waals surface area contributed by atoms with Gasteiger partial charge in [0.25, 0.3) is 0 Å². The van der Waals surface area contributed by atoms with Gasteiger partial charge in [-0.3, -0.25) is 0 Å². The molecule has 0 unspecified atom stereocenters. The lowest BCUT2D eigenvalue weighted by Gasteiger charge is -2.21. The maximum atomic E-state index is 8.76. The molecule has 98 valence electrons. The molecule has 1 aliphatic rings. The zero-order valence-electron chi connectivity index (χ0n) is 10.1. The summed E-state index contributed by atoms with van der Waals surface area (Å²) in [6, 6.07) is 2.01. The van der Waals surface area contributed by atoms with E-state index in [1.807, 2.05) is 6.07 Å². The summed E-state index contributed by atoms with van der Waals surface area (Å²) in [6.07, 6.45) is 6.70. The third-order valence-electron chi connectivity index (χ3n) is 2.97. The van der Waals surface area contributed by atoms with E-state index >= 15 is 0 Å². The van der Waals surface area contributed by atoms with Crippen LogP contribution in [0.3, 0.4) is 0 Å². The van der Waals surface area contributed by atoms with Gasteiger partial charge in [-0.25, -0.2) is 4.98 Å². The number of nitriles is 1. The fraction of sp³-hybridized carbons (Fsp3) is 0.667. The Hall–Kier alpha value is -0.830. The van der Waals surface area contributed by atoms with Gasteiger partial charge in [0.2, 0.25) is 0 Å². The van der Waals surface area contributed by atoms with Gasteiger partial charge in [0.1, 0.15) is 10.9 Å². The lowest BCUT2D eigenvalue weighted by atomic mass is 9.98. The molecule has 4 nitrogen and oxygen atoms in total. The molecule has 1 aromatic heterocycles. The first-order chi connectivity index (χ1) is 8.79. The third-order valence-corrected chi connectivity index (χ3v) is 4.27. The van der Waals surface area contributed by atoms with E-state index in [4.69, 9.17) is 21.6 Å². The first kappa shape index (κ1) is 13.6. The Kier molecular flexibility index (Phi) is 5.24. The predicted molar refractivity (Wildman–Crippen MR) is 73.2 cm³/mol. The first-order valence-corrected chi connectivity index (χ1v) is 7.41. The van der Waals surface area contributed by atoms with Crippen LogP contribution in [-0.2, 0) is 4.74 Å². The van der Waals surface area contributed by atoms with Crippen molar-refractivity contribution in [3.63, 3.8) is 0 Å². The molecule has 0 radical (unpaired) electrons. The van der Waals surface area contributed by atoms with Gasteiger partial charge >= 0.3 is 0 Å². The fourth-order valence-electron chi connectivity index (χ4n) is 2.06. The topological polar surface area (TPSA) is 57.9 Å². The molecule has 1 aliphatic carbocycles. The van der Waals surface area contributed by atoms with E-state index in [0.717, 1.165) is 0 Å². The number of nitrogens with one attached hydrogen (secondary N) is 1. The Morgan fingerprint density at radius 2 is 2.22 bits per heavy atom. The van der Waals surface area contributed by atoms with Crippen LogP contribution in [0.15, 0.2) is 0 Å². The number of anilines is 1. The SMILES string of the molecule is N#Cc1sc(NCCOC2CCCCC2)nc1Cl. The lowest BCUT2D eigenvalue weighted by molar-refractivity contribution is 0.0347. The molecule has 1 saturated carbocycles. The van der Waals surface area contributed by atoms with Crippen molar-refractivity contribution in [3.05, 3.63) is 10.0 Å². The number of nitrogens with zero attached hydrogens (tertiary/aromatic N) is 2. The number of hydrogen-bond acceptors (Lipinski definition) is 5. The summed E-state index contributed by atoms with van der Waals surface area (Å²) < 4.78 is 5.78. The van der Waals surface area contributed by atoms with Crippen LogP contribution >= 0.6 is 22.9 Å². The largest absolute Gasteiger partial charge is 0.376 e. The second-order valence-corrected chi connectivity index (χ2v) is 5.67. The highest BCUT2D eigenvalue weighted by Crippen LogP contribution is 2.25. The van der Waals surface area contributed by atoms with Crippen molar-refractivity contribution in [2.45, 2.75) is 38.2 Å². The molecule has 1 N–H and O–H groups in total. The highest BCUT2D eigenvalue weighted by atomic mass is 35.5. The zero-order chi connectivity index (χ0) is 12.8. The van der Waals surface area contributed by atoms with E-state index in [9.17, 15) is 0 Å². The highest BCUT2D eigenvalue weighted by Gasteiger charge is 2.13. The Labute approximate surface area is 116 Å². The molecule has 0 saturated heterocycles. The Balaban J connectivity index is 1.67. The number of thiazole rings is 1. The summed E-state index contributed by atoms with van der Waals surface area (Å²) in [5, 5.41) is 12.8. The van der Waals surface area contributed by atoms with Crippen molar-refractivity contribution in [2.24, 2.45) is 0 Å². The van der Waals surface area contributed by atoms with Crippen molar-refractivity contribution in [1.82, 2.24) is 4.98 Å². The summed E-state index contributed by atoms with van der Waals surface area (Å²) in [7, 11) is 0. The minimum Gasteiger partial charge on any atom is -0.376 e. The molecule has 0 aliphatic heterocycles. The number of ether oxygens (including phenoxy) is 1. The van der Waals surface area contributed by atoms with Gasteiger partial charge in [-0.2, -0.15) is 5.26 Å². The van der Waals surface area contributed by atoms with Gasteiger partial charge in [0.05, 0.1) is 12.7 Å². The number of hydrogen-bond donors (Lipinski definition) is 1. The van der Waals surface area contributed by atoms with Crippen LogP contribution in [-0.4, -0.2) is 24.2 Å². The highest BCUT2D eigenvalue weighted by molar-refractivity contribution is 7.16. The zero-order valence-corrected chi connectivity index (χ0v) is 11.7. The van der Waals surface area contributed by atoms with Crippen molar-refractivity contribution in [3.8, 4) is 6.07 Å². The molecule has 0 atom stereocenters. The summed E-state index contributed by atoms with van der Waals surface area (Å²) in [6.45, 7) is 1.37. The van der Waals surface area contributed by atoms with Gasteiger partial charge in [0.15, 0.2) is 10.3 Å². The number of halogens is 1. The predicted octanol–water partition coefficient (Wildman–Crippen LogP) is 3.43. The van der Waals surface area contributed by atoms with Crippen LogP contribution in [0.2, 0.25) is 5.15 Å². The van der Waals surface area contributed by atoms with Crippen LogP contribution in [0.4, 0.5) is 5.13 Å². The van der Waals surface area contributed by atoms with E-state index in [0.29, 0.717) is 29.3 Å². The Morgan fingerprint density at radius 1 is 1.44 bits per heavy atom. The minimum absolute atomic E-state index is 0.276. The number of rotatable bonds is 5. The fourth-order valence-corrected chi connectivity index (χ4v) is 3.03. The van der Waals surface area contributed by atoms with Gasteiger partial charge in [-0.05, 0) is 12.8 Å². The molecular weight excluding hydrogens is 270 g/mol. The quantitative estimate of drug-likeness (QED) is 0.842. The Morgan fingerprint density at radius 3 is 2.89 bits per heavy atom. The molecule has 18 heavy (non-hydrogen) atoms. The molecule has 1 heterocycles. The molecule has 0 bridgehead atoms. The maximum absolute atomic E-state index is 8.76. The molecule has 2 rings (SSSR count). The summed E-state index contributed by atoms with van der Waals surface area (Å²) in [4.78, 5) is 4.51. The number of aromatic nitrogens is 1. The van der Waals surface area contributed by atoms with Crippen LogP contribution in [0.5, 0.6) is 0 Å². The second-order valence-electron chi connectivity index (χ2n) is 4.31. The Bertz CT molecular complexity index is 423. The molecule has 1 fully saturated rings. The summed E-state index contributed by atoms with van der Waals surface area (Å²) in [5.41, 5.74) is 0. The van der Waals surface area contributed by atoms with Crippen LogP contribution in [0.1, 0.15) is 37.0 Å². The minimum atomic E-state index is 0.276. The van der Waals surface area contributed by atoms with E-state index in [2.05, 4.69) is 10.3 Å². The molecular formula is C12H16ClN3OS. The third kappa shape index (κ3) is 3.84. The normalized spacial score (nSPS) is 16.4. The molecule has 0 amide bonds.